The molecule has 0 aromatic carbocycles. The fourth-order valence-electron chi connectivity index (χ4n) is 3.46. The van der Waals surface area contributed by atoms with E-state index in [1.165, 1.54) is 19.3 Å². The molecule has 1 saturated heterocycles. The van der Waals surface area contributed by atoms with Crippen molar-refractivity contribution in [2.24, 2.45) is 5.92 Å². The first-order chi connectivity index (χ1) is 12.7. The summed E-state index contributed by atoms with van der Waals surface area (Å²) in [7, 11) is 0. The first-order valence-electron chi connectivity index (χ1n) is 9.20. The molecule has 2 aromatic rings. The highest BCUT2D eigenvalue weighted by molar-refractivity contribution is 5.88. The van der Waals surface area contributed by atoms with E-state index in [0.717, 1.165) is 18.0 Å². The van der Waals surface area contributed by atoms with Gasteiger partial charge in [0, 0.05) is 30.7 Å². The molecular weight excluding hydrogens is 332 g/mol. The highest BCUT2D eigenvalue weighted by atomic mass is 16.5. The minimum Gasteiger partial charge on any atom is -0.377 e. The number of morpholine rings is 1. The van der Waals surface area contributed by atoms with Crippen LogP contribution in [-0.2, 0) is 4.74 Å². The smallest absolute Gasteiger partial charge is 0.323 e. The first kappa shape index (κ1) is 17.0. The maximum absolute atomic E-state index is 12.7. The Hall–Kier alpha value is -2.48. The zero-order chi connectivity index (χ0) is 17.9. The van der Waals surface area contributed by atoms with Crippen LogP contribution >= 0.6 is 0 Å². The third kappa shape index (κ3) is 3.70. The lowest BCUT2D eigenvalue weighted by Crippen LogP contribution is -2.51. The predicted molar refractivity (Wildman–Crippen MR) is 96.2 cm³/mol. The molecule has 8 nitrogen and oxygen atoms in total. The van der Waals surface area contributed by atoms with Gasteiger partial charge in [-0.15, -0.1) is 5.10 Å². The summed E-state index contributed by atoms with van der Waals surface area (Å²) in [5.41, 5.74) is 0.864. The molecule has 2 fully saturated rings. The van der Waals surface area contributed by atoms with Crippen molar-refractivity contribution in [3.8, 4) is 5.95 Å². The molecule has 1 atom stereocenters. The lowest BCUT2D eigenvalue weighted by atomic mass is 9.80. The molecule has 0 radical (unpaired) electrons. The van der Waals surface area contributed by atoms with Gasteiger partial charge in [0.25, 0.3) is 5.95 Å². The molecule has 4 rings (SSSR count). The minimum atomic E-state index is -0.118. The van der Waals surface area contributed by atoms with Crippen molar-refractivity contribution in [2.75, 3.05) is 25.1 Å². The van der Waals surface area contributed by atoms with E-state index in [1.807, 2.05) is 17.9 Å². The van der Waals surface area contributed by atoms with Gasteiger partial charge in [-0.25, -0.2) is 19.4 Å². The lowest BCUT2D eigenvalue weighted by molar-refractivity contribution is 0.00230. The predicted octanol–water partition coefficient (Wildman–Crippen LogP) is 2.39. The van der Waals surface area contributed by atoms with Gasteiger partial charge < -0.3 is 9.64 Å². The number of rotatable bonds is 4. The van der Waals surface area contributed by atoms with Crippen LogP contribution in [0, 0.1) is 12.8 Å². The molecule has 3 heterocycles. The second-order valence-corrected chi connectivity index (χ2v) is 7.03. The number of ether oxygens (including phenoxy) is 1. The fourth-order valence-corrected chi connectivity index (χ4v) is 3.46. The molecule has 138 valence electrons. The molecule has 0 spiro atoms. The number of hydrogen-bond donors (Lipinski definition) is 1. The van der Waals surface area contributed by atoms with Crippen LogP contribution in [0.4, 0.5) is 10.6 Å². The van der Waals surface area contributed by atoms with Gasteiger partial charge in [0.05, 0.1) is 19.3 Å². The third-order valence-electron chi connectivity index (χ3n) is 5.13. The third-order valence-corrected chi connectivity index (χ3v) is 5.13. The van der Waals surface area contributed by atoms with Gasteiger partial charge in [-0.2, -0.15) is 0 Å². The summed E-state index contributed by atoms with van der Waals surface area (Å²) in [4.78, 5) is 23.2. The van der Waals surface area contributed by atoms with Gasteiger partial charge in [0.15, 0.2) is 5.82 Å². The van der Waals surface area contributed by atoms with Gasteiger partial charge in [-0.05, 0) is 25.3 Å². The average molecular weight is 356 g/mol. The summed E-state index contributed by atoms with van der Waals surface area (Å²) in [6.45, 7) is 3.72. The normalized spacial score (nSPS) is 20.7. The number of amides is 2. The number of carbonyl (C=O) groups excluding carboxylic acids is 1. The Morgan fingerprint density at radius 2 is 2.27 bits per heavy atom. The molecule has 2 aliphatic rings. The van der Waals surface area contributed by atoms with Crippen LogP contribution in [0.15, 0.2) is 24.5 Å². The van der Waals surface area contributed by atoms with Gasteiger partial charge in [0.2, 0.25) is 0 Å². The van der Waals surface area contributed by atoms with Crippen LogP contribution in [0.5, 0.6) is 0 Å². The van der Waals surface area contributed by atoms with Crippen LogP contribution in [0.25, 0.3) is 5.95 Å². The second kappa shape index (κ2) is 7.41. The molecule has 1 saturated carbocycles. The van der Waals surface area contributed by atoms with Crippen molar-refractivity contribution in [2.45, 2.75) is 38.6 Å². The molecule has 2 amide bonds. The summed E-state index contributed by atoms with van der Waals surface area (Å²) in [6, 6.07) is 3.62. The van der Waals surface area contributed by atoms with E-state index in [4.69, 9.17) is 4.74 Å². The molecule has 26 heavy (non-hydrogen) atoms. The summed E-state index contributed by atoms with van der Waals surface area (Å²) in [5, 5.41) is 7.27. The monoisotopic (exact) mass is 356 g/mol. The molecule has 1 aliphatic carbocycles. The highest BCUT2D eigenvalue weighted by Gasteiger charge is 2.31. The molecule has 1 unspecified atom stereocenters. The first-order valence-corrected chi connectivity index (χ1v) is 9.20. The Labute approximate surface area is 152 Å². The van der Waals surface area contributed by atoms with Crippen molar-refractivity contribution in [1.82, 2.24) is 24.6 Å². The van der Waals surface area contributed by atoms with E-state index in [0.29, 0.717) is 31.5 Å². The van der Waals surface area contributed by atoms with Crippen LogP contribution < -0.4 is 5.32 Å². The topological polar surface area (TPSA) is 85.2 Å². The van der Waals surface area contributed by atoms with Gasteiger partial charge in [-0.1, -0.05) is 19.3 Å². The summed E-state index contributed by atoms with van der Waals surface area (Å²) >= 11 is 0. The summed E-state index contributed by atoms with van der Waals surface area (Å²) in [5.74, 6) is 1.71. The van der Waals surface area contributed by atoms with E-state index in [-0.39, 0.29) is 12.1 Å². The van der Waals surface area contributed by atoms with E-state index in [1.54, 1.807) is 23.1 Å². The lowest BCUT2D eigenvalue weighted by Gasteiger charge is -2.39. The van der Waals surface area contributed by atoms with Crippen molar-refractivity contribution in [3.63, 3.8) is 0 Å². The number of anilines is 1. The largest absolute Gasteiger partial charge is 0.377 e. The van der Waals surface area contributed by atoms with Crippen molar-refractivity contribution < 1.29 is 9.53 Å². The Kier molecular flexibility index (Phi) is 4.83. The van der Waals surface area contributed by atoms with Crippen LogP contribution in [-0.4, -0.2) is 56.5 Å². The zero-order valence-electron chi connectivity index (χ0n) is 15.0. The number of hydrogen-bond acceptors (Lipinski definition) is 5. The van der Waals surface area contributed by atoms with Crippen molar-refractivity contribution in [1.29, 1.82) is 0 Å². The maximum Gasteiger partial charge on any atom is 0.323 e. The van der Waals surface area contributed by atoms with E-state index < -0.39 is 0 Å². The number of aromatic nitrogens is 4. The standard InChI is InChI=1S/C18H24N6O2/c1-13-5-7-19-17(20-13)24-8-6-16(22-24)21-18(25)23-9-10-26-12-15(23)11-14-3-2-4-14/h5-8,14-15H,2-4,9-12H2,1H3,(H,21,22,25). The van der Waals surface area contributed by atoms with E-state index in [2.05, 4.69) is 20.4 Å². The molecule has 0 bridgehead atoms. The molecule has 2 aromatic heterocycles. The molecule has 1 N–H and O–H groups in total. The Morgan fingerprint density at radius 1 is 1.38 bits per heavy atom. The minimum absolute atomic E-state index is 0.118. The number of aryl methyl sites for hydroxylation is 1. The zero-order valence-corrected chi connectivity index (χ0v) is 15.0. The summed E-state index contributed by atoms with van der Waals surface area (Å²) < 4.78 is 7.16. The number of urea groups is 1. The number of nitrogens with one attached hydrogen (secondary N) is 1. The van der Waals surface area contributed by atoms with Crippen LogP contribution in [0.3, 0.4) is 0 Å². The van der Waals surface area contributed by atoms with E-state index >= 15 is 0 Å². The Morgan fingerprint density at radius 3 is 3.04 bits per heavy atom. The number of carbonyl (C=O) groups is 1. The van der Waals surface area contributed by atoms with Gasteiger partial charge in [0.1, 0.15) is 0 Å². The SMILES string of the molecule is Cc1ccnc(-n2ccc(NC(=O)N3CCOCC3CC3CCC3)n2)n1. The summed E-state index contributed by atoms with van der Waals surface area (Å²) in [6.07, 6.45) is 8.31. The van der Waals surface area contributed by atoms with Crippen molar-refractivity contribution in [3.05, 3.63) is 30.2 Å². The van der Waals surface area contributed by atoms with Crippen LogP contribution in [0.2, 0.25) is 0 Å². The molecular formula is C18H24N6O2. The Bertz CT molecular complexity index is 773. The van der Waals surface area contributed by atoms with Gasteiger partial charge in [-0.3, -0.25) is 5.32 Å². The van der Waals surface area contributed by atoms with Crippen LogP contribution in [0.1, 0.15) is 31.4 Å². The maximum atomic E-state index is 12.7. The fraction of sp³-hybridized carbons (Fsp3) is 0.556. The molecule has 8 heteroatoms. The quantitative estimate of drug-likeness (QED) is 0.909. The Balaban J connectivity index is 1.42. The van der Waals surface area contributed by atoms with Gasteiger partial charge >= 0.3 is 6.03 Å². The van der Waals surface area contributed by atoms with E-state index in [9.17, 15) is 4.79 Å². The number of nitrogens with zero attached hydrogens (tertiary/aromatic N) is 5. The average Bonchev–Trinajstić information content (AvgIpc) is 3.07. The van der Waals surface area contributed by atoms with Crippen molar-refractivity contribution >= 4 is 11.8 Å². The highest BCUT2D eigenvalue weighted by Crippen LogP contribution is 2.32. The second-order valence-electron chi connectivity index (χ2n) is 7.03. The molecule has 1 aliphatic heterocycles.